The van der Waals surface area contributed by atoms with Gasteiger partial charge in [-0.1, -0.05) is 0 Å². The van der Waals surface area contributed by atoms with Gasteiger partial charge < -0.3 is 4.74 Å². The molecule has 0 bridgehead atoms. The van der Waals surface area contributed by atoms with Crippen LogP contribution < -0.4 is 4.74 Å². The molecular formula is C10H9BrFNO. The van der Waals surface area contributed by atoms with Crippen LogP contribution in [0.5, 0.6) is 5.75 Å². The van der Waals surface area contributed by atoms with Crippen molar-refractivity contribution in [1.29, 1.82) is 5.26 Å². The number of halogens is 2. The minimum atomic E-state index is -0.364. The highest BCUT2D eigenvalue weighted by Crippen LogP contribution is 2.29. The SMILES string of the molecule is COc1cc(CCC#N)cc(F)c1Br. The standard InChI is InChI=1S/C10H9BrFNO/c1-14-9-6-7(3-2-4-13)5-8(12)10(9)11/h5-6H,2-3H2,1H3. The number of hydrogen-bond acceptors (Lipinski definition) is 2. The summed E-state index contributed by atoms with van der Waals surface area (Å²) in [5.74, 6) is 0.0928. The number of nitrogens with zero attached hydrogens (tertiary/aromatic N) is 1. The second-order valence-electron chi connectivity index (χ2n) is 2.75. The van der Waals surface area contributed by atoms with E-state index in [-0.39, 0.29) is 5.82 Å². The van der Waals surface area contributed by atoms with Crippen molar-refractivity contribution in [1.82, 2.24) is 0 Å². The fourth-order valence-electron chi connectivity index (χ4n) is 1.11. The number of rotatable bonds is 3. The first-order valence-electron chi connectivity index (χ1n) is 4.08. The van der Waals surface area contributed by atoms with Gasteiger partial charge in [-0.3, -0.25) is 0 Å². The maximum atomic E-state index is 13.2. The molecular weight excluding hydrogens is 249 g/mol. The predicted molar refractivity (Wildman–Crippen MR) is 54.6 cm³/mol. The van der Waals surface area contributed by atoms with Gasteiger partial charge in [-0.25, -0.2) is 4.39 Å². The Bertz CT molecular complexity index is 373. The number of aryl methyl sites for hydroxylation is 1. The van der Waals surface area contributed by atoms with Crippen LogP contribution in [0.1, 0.15) is 12.0 Å². The first kappa shape index (κ1) is 11.0. The number of nitriles is 1. The molecule has 0 radical (unpaired) electrons. The molecule has 1 aromatic rings. The summed E-state index contributed by atoms with van der Waals surface area (Å²) in [6.07, 6.45) is 0.918. The summed E-state index contributed by atoms with van der Waals surface area (Å²) in [6.45, 7) is 0. The Morgan fingerprint density at radius 2 is 2.29 bits per heavy atom. The molecule has 0 unspecified atom stereocenters. The molecule has 0 atom stereocenters. The molecule has 0 spiro atoms. The average Bonchev–Trinajstić information content (AvgIpc) is 2.19. The van der Waals surface area contributed by atoms with Gasteiger partial charge in [0.2, 0.25) is 0 Å². The molecule has 74 valence electrons. The molecule has 0 saturated carbocycles. The lowest BCUT2D eigenvalue weighted by Gasteiger charge is -2.06. The number of methoxy groups -OCH3 is 1. The second kappa shape index (κ2) is 4.97. The molecule has 0 fully saturated rings. The van der Waals surface area contributed by atoms with E-state index in [1.165, 1.54) is 13.2 Å². The molecule has 0 aliphatic heterocycles. The Kier molecular flexibility index (Phi) is 3.90. The fourth-order valence-corrected chi connectivity index (χ4v) is 1.50. The molecule has 0 aliphatic carbocycles. The summed E-state index contributed by atoms with van der Waals surface area (Å²) in [5, 5.41) is 8.39. The molecule has 0 aromatic heterocycles. The van der Waals surface area contributed by atoms with Crippen molar-refractivity contribution in [2.45, 2.75) is 12.8 Å². The van der Waals surface area contributed by atoms with Crippen molar-refractivity contribution in [3.8, 4) is 11.8 Å². The molecule has 0 N–H and O–H groups in total. The van der Waals surface area contributed by atoms with E-state index in [0.29, 0.717) is 23.1 Å². The summed E-state index contributed by atoms with van der Waals surface area (Å²) in [5.41, 5.74) is 0.768. The Morgan fingerprint density at radius 1 is 1.57 bits per heavy atom. The van der Waals surface area contributed by atoms with Gasteiger partial charge in [-0.05, 0) is 40.0 Å². The Morgan fingerprint density at radius 3 is 2.86 bits per heavy atom. The maximum Gasteiger partial charge on any atom is 0.141 e. The van der Waals surface area contributed by atoms with Gasteiger partial charge in [0.15, 0.2) is 0 Å². The lowest BCUT2D eigenvalue weighted by Crippen LogP contribution is -1.92. The minimum absolute atomic E-state index is 0.320. The highest BCUT2D eigenvalue weighted by Gasteiger charge is 2.08. The van der Waals surface area contributed by atoms with Crippen molar-refractivity contribution in [3.63, 3.8) is 0 Å². The first-order valence-corrected chi connectivity index (χ1v) is 4.87. The predicted octanol–water partition coefficient (Wildman–Crippen LogP) is 3.05. The van der Waals surface area contributed by atoms with Crippen molar-refractivity contribution in [3.05, 3.63) is 28.0 Å². The largest absolute Gasteiger partial charge is 0.495 e. The summed E-state index contributed by atoms with van der Waals surface area (Å²) < 4.78 is 18.5. The van der Waals surface area contributed by atoms with Crippen LogP contribution in [-0.2, 0) is 6.42 Å². The van der Waals surface area contributed by atoms with Crippen LogP contribution >= 0.6 is 15.9 Å². The summed E-state index contributed by atoms with van der Waals surface area (Å²) in [4.78, 5) is 0. The number of benzene rings is 1. The highest BCUT2D eigenvalue weighted by atomic mass is 79.9. The summed E-state index contributed by atoms with van der Waals surface area (Å²) >= 11 is 3.08. The van der Waals surface area contributed by atoms with Gasteiger partial charge in [0.05, 0.1) is 17.7 Å². The third-order valence-electron chi connectivity index (χ3n) is 1.80. The summed E-state index contributed by atoms with van der Waals surface area (Å²) in [6, 6.07) is 5.15. The van der Waals surface area contributed by atoms with E-state index in [0.717, 1.165) is 5.56 Å². The van der Waals surface area contributed by atoms with Crippen LogP contribution in [0.15, 0.2) is 16.6 Å². The minimum Gasteiger partial charge on any atom is -0.495 e. The van der Waals surface area contributed by atoms with Gasteiger partial charge in [0, 0.05) is 6.42 Å². The van der Waals surface area contributed by atoms with Crippen molar-refractivity contribution >= 4 is 15.9 Å². The highest BCUT2D eigenvalue weighted by molar-refractivity contribution is 9.10. The smallest absolute Gasteiger partial charge is 0.141 e. The van der Waals surface area contributed by atoms with Gasteiger partial charge >= 0.3 is 0 Å². The van der Waals surface area contributed by atoms with E-state index in [1.807, 2.05) is 6.07 Å². The topological polar surface area (TPSA) is 33.0 Å². The van der Waals surface area contributed by atoms with Crippen molar-refractivity contribution in [2.75, 3.05) is 7.11 Å². The molecule has 14 heavy (non-hydrogen) atoms. The molecule has 0 saturated heterocycles. The van der Waals surface area contributed by atoms with Crippen LogP contribution in [0.4, 0.5) is 4.39 Å². The molecule has 1 aromatic carbocycles. The third kappa shape index (κ3) is 2.46. The van der Waals surface area contributed by atoms with Crippen molar-refractivity contribution < 1.29 is 9.13 Å². The first-order chi connectivity index (χ1) is 6.69. The molecule has 0 amide bonds. The molecule has 0 aliphatic rings. The maximum absolute atomic E-state index is 13.2. The zero-order valence-corrected chi connectivity index (χ0v) is 9.27. The van der Waals surface area contributed by atoms with E-state index in [4.69, 9.17) is 10.00 Å². The van der Waals surface area contributed by atoms with E-state index in [9.17, 15) is 4.39 Å². The van der Waals surface area contributed by atoms with Crippen LogP contribution in [0.3, 0.4) is 0 Å². The average molecular weight is 258 g/mol. The van der Waals surface area contributed by atoms with Gasteiger partial charge in [-0.2, -0.15) is 5.26 Å². The van der Waals surface area contributed by atoms with E-state index >= 15 is 0 Å². The Hall–Kier alpha value is -1.08. The van der Waals surface area contributed by atoms with Crippen LogP contribution in [0.25, 0.3) is 0 Å². The Balaban J connectivity index is 2.98. The summed E-state index contributed by atoms with van der Waals surface area (Å²) in [7, 11) is 1.48. The van der Waals surface area contributed by atoms with Crippen molar-refractivity contribution in [2.24, 2.45) is 0 Å². The quantitative estimate of drug-likeness (QED) is 0.834. The van der Waals surface area contributed by atoms with Gasteiger partial charge in [0.1, 0.15) is 11.6 Å². The lowest BCUT2D eigenvalue weighted by molar-refractivity contribution is 0.407. The molecule has 4 heteroatoms. The van der Waals surface area contributed by atoms with Crippen LogP contribution in [-0.4, -0.2) is 7.11 Å². The number of hydrogen-bond donors (Lipinski definition) is 0. The van der Waals surface area contributed by atoms with Crippen LogP contribution in [0.2, 0.25) is 0 Å². The van der Waals surface area contributed by atoms with Gasteiger partial charge in [0.25, 0.3) is 0 Å². The Labute approximate surface area is 90.4 Å². The van der Waals surface area contributed by atoms with E-state index in [2.05, 4.69) is 15.9 Å². The fraction of sp³-hybridized carbons (Fsp3) is 0.300. The second-order valence-corrected chi connectivity index (χ2v) is 3.54. The molecule has 0 heterocycles. The number of ether oxygens (including phenoxy) is 1. The van der Waals surface area contributed by atoms with E-state index in [1.54, 1.807) is 6.07 Å². The van der Waals surface area contributed by atoms with Crippen LogP contribution in [0, 0.1) is 17.1 Å². The van der Waals surface area contributed by atoms with Gasteiger partial charge in [-0.15, -0.1) is 0 Å². The zero-order valence-electron chi connectivity index (χ0n) is 7.68. The zero-order chi connectivity index (χ0) is 10.6. The molecule has 2 nitrogen and oxygen atoms in total. The normalized spacial score (nSPS) is 9.57. The third-order valence-corrected chi connectivity index (χ3v) is 2.57. The lowest BCUT2D eigenvalue weighted by atomic mass is 10.1. The molecule has 1 rings (SSSR count). The monoisotopic (exact) mass is 257 g/mol. The van der Waals surface area contributed by atoms with E-state index < -0.39 is 0 Å².